The maximum atomic E-state index is 12.9. The van der Waals surface area contributed by atoms with Gasteiger partial charge < -0.3 is 4.74 Å². The first kappa shape index (κ1) is 18.7. The highest BCUT2D eigenvalue weighted by Gasteiger charge is 2.28. The Labute approximate surface area is 148 Å². The Morgan fingerprint density at radius 2 is 1.88 bits per heavy atom. The molecule has 2 aromatic rings. The van der Waals surface area contributed by atoms with Crippen LogP contribution in [0.1, 0.15) is 0 Å². The molecule has 0 aliphatic heterocycles. The quantitative estimate of drug-likeness (QED) is 0.430. The van der Waals surface area contributed by atoms with Crippen LogP contribution in [-0.4, -0.2) is 33.0 Å². The smallest absolute Gasteiger partial charge is 0.326 e. The summed E-state index contributed by atoms with van der Waals surface area (Å²) in [6, 6.07) is 10.3. The van der Waals surface area contributed by atoms with Crippen molar-refractivity contribution in [3.05, 3.63) is 63.7 Å². The largest absolute Gasteiger partial charge is 0.468 e. The predicted octanol–water partition coefficient (Wildman–Crippen LogP) is 2.62. The van der Waals surface area contributed by atoms with Crippen LogP contribution in [0.3, 0.4) is 0 Å². The summed E-state index contributed by atoms with van der Waals surface area (Å²) >= 11 is 5.90. The topological polar surface area (TPSA) is 107 Å². The van der Waals surface area contributed by atoms with Crippen molar-refractivity contribution in [2.75, 3.05) is 18.0 Å². The number of sulfonamides is 1. The first-order chi connectivity index (χ1) is 11.8. The van der Waals surface area contributed by atoms with Crippen molar-refractivity contribution in [3.8, 4) is 0 Å². The van der Waals surface area contributed by atoms with Gasteiger partial charge in [-0.25, -0.2) is 8.42 Å². The third-order valence-electron chi connectivity index (χ3n) is 3.23. The van der Waals surface area contributed by atoms with Crippen LogP contribution in [0.4, 0.5) is 11.4 Å². The minimum absolute atomic E-state index is 0.163. The molecule has 0 spiro atoms. The van der Waals surface area contributed by atoms with E-state index >= 15 is 0 Å². The second-order valence-corrected chi connectivity index (χ2v) is 7.12. The zero-order valence-corrected chi connectivity index (χ0v) is 14.5. The lowest BCUT2D eigenvalue weighted by molar-refractivity contribution is -0.384. The number of anilines is 1. The normalized spacial score (nSPS) is 11.0. The number of carbonyl (C=O) groups excluding carboxylic acids is 1. The van der Waals surface area contributed by atoms with E-state index in [9.17, 15) is 23.3 Å². The fraction of sp³-hybridized carbons (Fsp3) is 0.133. The van der Waals surface area contributed by atoms with Crippen LogP contribution < -0.4 is 4.31 Å². The summed E-state index contributed by atoms with van der Waals surface area (Å²) in [4.78, 5) is 21.5. The molecule has 0 bridgehead atoms. The number of nitro groups is 1. The van der Waals surface area contributed by atoms with Gasteiger partial charge in [0.15, 0.2) is 0 Å². The number of nitro benzene ring substituents is 1. The van der Waals surface area contributed by atoms with Crippen molar-refractivity contribution in [1.29, 1.82) is 0 Å². The molecule has 0 aliphatic rings. The maximum Gasteiger partial charge on any atom is 0.326 e. The molecule has 132 valence electrons. The van der Waals surface area contributed by atoms with Gasteiger partial charge in [0.25, 0.3) is 15.7 Å². The molecular weight excluding hydrogens is 372 g/mol. The Hall–Kier alpha value is -2.65. The van der Waals surface area contributed by atoms with Crippen LogP contribution in [0, 0.1) is 10.1 Å². The molecule has 0 amide bonds. The van der Waals surface area contributed by atoms with E-state index in [0.29, 0.717) is 0 Å². The Morgan fingerprint density at radius 3 is 2.40 bits per heavy atom. The number of hydrogen-bond donors (Lipinski definition) is 0. The minimum Gasteiger partial charge on any atom is -0.468 e. The zero-order valence-electron chi connectivity index (χ0n) is 13.0. The molecule has 0 saturated carbocycles. The SMILES string of the molecule is COC(=O)CN(c1cccc(Cl)c1)S(=O)(=O)c1ccc([N+](=O)[O-])cc1. The van der Waals surface area contributed by atoms with E-state index in [1.54, 1.807) is 6.07 Å². The summed E-state index contributed by atoms with van der Waals surface area (Å²) in [6.45, 7) is -0.573. The molecule has 25 heavy (non-hydrogen) atoms. The van der Waals surface area contributed by atoms with Gasteiger partial charge in [0, 0.05) is 17.2 Å². The lowest BCUT2D eigenvalue weighted by Crippen LogP contribution is -2.36. The van der Waals surface area contributed by atoms with Crippen molar-refractivity contribution >= 4 is 39.0 Å². The fourth-order valence-electron chi connectivity index (χ4n) is 2.00. The number of nitrogens with zero attached hydrogens (tertiary/aromatic N) is 2. The molecule has 0 fully saturated rings. The third-order valence-corrected chi connectivity index (χ3v) is 5.26. The van der Waals surface area contributed by atoms with Crippen molar-refractivity contribution in [2.24, 2.45) is 0 Å². The first-order valence-corrected chi connectivity index (χ1v) is 8.67. The van der Waals surface area contributed by atoms with Gasteiger partial charge >= 0.3 is 5.97 Å². The average molecular weight is 385 g/mol. The monoisotopic (exact) mass is 384 g/mol. The lowest BCUT2D eigenvalue weighted by atomic mass is 10.3. The Balaban J connectivity index is 2.50. The third kappa shape index (κ3) is 4.25. The van der Waals surface area contributed by atoms with Crippen LogP contribution >= 0.6 is 11.6 Å². The second kappa shape index (κ2) is 7.49. The molecule has 0 N–H and O–H groups in total. The number of benzene rings is 2. The van der Waals surface area contributed by atoms with Gasteiger partial charge in [0.1, 0.15) is 6.54 Å². The minimum atomic E-state index is -4.17. The number of non-ortho nitro benzene ring substituents is 1. The number of rotatable bonds is 6. The highest BCUT2D eigenvalue weighted by atomic mass is 35.5. The van der Waals surface area contributed by atoms with Crippen molar-refractivity contribution in [2.45, 2.75) is 4.90 Å². The molecule has 0 aromatic heterocycles. The molecule has 2 rings (SSSR count). The lowest BCUT2D eigenvalue weighted by Gasteiger charge is -2.23. The van der Waals surface area contributed by atoms with E-state index in [1.165, 1.54) is 18.2 Å². The summed E-state index contributed by atoms with van der Waals surface area (Å²) in [7, 11) is -3.03. The van der Waals surface area contributed by atoms with Crippen LogP contribution in [0.2, 0.25) is 5.02 Å². The summed E-state index contributed by atoms with van der Waals surface area (Å²) in [6.07, 6.45) is 0. The van der Waals surface area contributed by atoms with Gasteiger partial charge in [-0.15, -0.1) is 0 Å². The standard InChI is InChI=1S/C15H13ClN2O6S/c1-24-15(19)10-17(13-4-2-3-11(16)9-13)25(22,23)14-7-5-12(6-8-14)18(20)21/h2-9H,10H2,1H3. The van der Waals surface area contributed by atoms with Crippen LogP contribution in [0.15, 0.2) is 53.4 Å². The molecule has 0 heterocycles. The van der Waals surface area contributed by atoms with E-state index in [1.807, 2.05) is 0 Å². The van der Waals surface area contributed by atoms with E-state index < -0.39 is 27.5 Å². The zero-order chi connectivity index (χ0) is 18.6. The fourth-order valence-corrected chi connectivity index (χ4v) is 3.58. The van der Waals surface area contributed by atoms with Gasteiger partial charge in [-0.1, -0.05) is 17.7 Å². The Bertz CT molecular complexity index is 898. The second-order valence-electron chi connectivity index (χ2n) is 4.82. The number of hydrogen-bond acceptors (Lipinski definition) is 6. The average Bonchev–Trinajstić information content (AvgIpc) is 2.59. The molecule has 0 unspecified atom stereocenters. The molecule has 8 nitrogen and oxygen atoms in total. The number of halogens is 1. The number of ether oxygens (including phenoxy) is 1. The van der Waals surface area contributed by atoms with Crippen LogP contribution in [0.25, 0.3) is 0 Å². The summed E-state index contributed by atoms with van der Waals surface area (Å²) < 4.78 is 31.1. The molecule has 0 aliphatic carbocycles. The van der Waals surface area contributed by atoms with Crippen LogP contribution in [-0.2, 0) is 19.6 Å². The van der Waals surface area contributed by atoms with E-state index in [4.69, 9.17) is 11.6 Å². The molecule has 0 radical (unpaired) electrons. The highest BCUT2D eigenvalue weighted by molar-refractivity contribution is 7.92. The molecule has 2 aromatic carbocycles. The van der Waals surface area contributed by atoms with E-state index in [0.717, 1.165) is 35.7 Å². The van der Waals surface area contributed by atoms with E-state index in [2.05, 4.69) is 4.74 Å². The van der Waals surface area contributed by atoms with Crippen molar-refractivity contribution < 1.29 is 22.9 Å². The summed E-state index contributed by atoms with van der Waals surface area (Å²) in [5.41, 5.74) is -0.0857. The molecule has 0 atom stereocenters. The number of esters is 1. The van der Waals surface area contributed by atoms with Gasteiger partial charge in [-0.2, -0.15) is 0 Å². The van der Waals surface area contributed by atoms with Crippen molar-refractivity contribution in [1.82, 2.24) is 0 Å². The Morgan fingerprint density at radius 1 is 1.24 bits per heavy atom. The molecule has 10 heteroatoms. The van der Waals surface area contributed by atoms with Gasteiger partial charge in [0.05, 0.1) is 22.6 Å². The van der Waals surface area contributed by atoms with Gasteiger partial charge in [0.2, 0.25) is 0 Å². The highest BCUT2D eigenvalue weighted by Crippen LogP contribution is 2.27. The van der Waals surface area contributed by atoms with Gasteiger partial charge in [-0.05, 0) is 30.3 Å². The summed E-state index contributed by atoms with van der Waals surface area (Å²) in [5.74, 6) is -0.773. The van der Waals surface area contributed by atoms with E-state index in [-0.39, 0.29) is 21.3 Å². The van der Waals surface area contributed by atoms with Crippen LogP contribution in [0.5, 0.6) is 0 Å². The Kier molecular flexibility index (Phi) is 5.60. The number of carbonyl (C=O) groups is 1. The van der Waals surface area contributed by atoms with Crippen molar-refractivity contribution in [3.63, 3.8) is 0 Å². The molecular formula is C15H13ClN2O6S. The van der Waals surface area contributed by atoms with Gasteiger partial charge in [-0.3, -0.25) is 19.2 Å². The molecule has 0 saturated heterocycles. The predicted molar refractivity (Wildman–Crippen MR) is 91.1 cm³/mol. The first-order valence-electron chi connectivity index (χ1n) is 6.85. The maximum absolute atomic E-state index is 12.9. The number of methoxy groups -OCH3 is 1. The summed E-state index contributed by atoms with van der Waals surface area (Å²) in [5, 5.41) is 11.0.